The molecule has 154 valence electrons. The van der Waals surface area contributed by atoms with Gasteiger partial charge in [-0.05, 0) is 43.5 Å². The van der Waals surface area contributed by atoms with Crippen LogP contribution in [0.4, 0.5) is 0 Å². The largest absolute Gasteiger partial charge is 0.619 e. The minimum Gasteiger partial charge on any atom is -0.619 e. The summed E-state index contributed by atoms with van der Waals surface area (Å²) >= 11 is 6.03. The molecule has 0 aliphatic heterocycles. The number of ether oxygens (including phenoxy) is 1. The van der Waals surface area contributed by atoms with Gasteiger partial charge in [0.1, 0.15) is 11.6 Å². The highest BCUT2D eigenvalue weighted by molar-refractivity contribution is 6.31. The van der Waals surface area contributed by atoms with Gasteiger partial charge < -0.3 is 9.94 Å². The first-order valence-corrected chi connectivity index (χ1v) is 9.94. The van der Waals surface area contributed by atoms with Crippen LogP contribution < -0.4 is 15.0 Å². The summed E-state index contributed by atoms with van der Waals surface area (Å²) in [5, 5.41) is 14.7. The lowest BCUT2D eigenvalue weighted by Gasteiger charge is -2.09. The van der Waals surface area contributed by atoms with E-state index in [9.17, 15) is 10.0 Å². The van der Waals surface area contributed by atoms with Gasteiger partial charge in [0.15, 0.2) is 23.9 Å². The molecular weight excluding hydrogens is 406 g/mol. The fourth-order valence-corrected chi connectivity index (χ4v) is 3.22. The molecule has 0 radical (unpaired) electrons. The predicted octanol–water partition coefficient (Wildman–Crippen LogP) is 3.08. The summed E-state index contributed by atoms with van der Waals surface area (Å²) in [6, 6.07) is 10.3. The van der Waals surface area contributed by atoms with Gasteiger partial charge in [0.05, 0.1) is 6.61 Å². The van der Waals surface area contributed by atoms with E-state index in [1.807, 2.05) is 25.1 Å². The Morgan fingerprint density at radius 1 is 1.17 bits per heavy atom. The van der Waals surface area contributed by atoms with E-state index in [-0.39, 0.29) is 5.56 Å². The molecule has 4 rings (SSSR count). The van der Waals surface area contributed by atoms with E-state index < -0.39 is 0 Å². The number of H-pyrrole nitrogens is 1. The van der Waals surface area contributed by atoms with Crippen molar-refractivity contribution in [2.45, 2.75) is 26.2 Å². The zero-order chi connectivity index (χ0) is 21.1. The topological polar surface area (TPSA) is 99.2 Å². The molecule has 0 aliphatic carbocycles. The highest BCUT2D eigenvalue weighted by Crippen LogP contribution is 2.21. The van der Waals surface area contributed by atoms with Crippen LogP contribution in [0.3, 0.4) is 0 Å². The summed E-state index contributed by atoms with van der Waals surface area (Å²) in [6.45, 7) is 2.50. The predicted molar refractivity (Wildman–Crippen MR) is 113 cm³/mol. The van der Waals surface area contributed by atoms with Gasteiger partial charge in [0, 0.05) is 35.2 Å². The maximum Gasteiger partial charge on any atom is 0.266 e. The summed E-state index contributed by atoms with van der Waals surface area (Å²) in [5.41, 5.74) is 1.94. The van der Waals surface area contributed by atoms with Crippen LogP contribution in [0.2, 0.25) is 5.02 Å². The number of aromatic amines is 1. The summed E-state index contributed by atoms with van der Waals surface area (Å²) in [6.07, 6.45) is 5.04. The Balaban J connectivity index is 1.45. The molecule has 9 heteroatoms. The molecule has 0 aliphatic rings. The molecule has 0 saturated carbocycles. The van der Waals surface area contributed by atoms with Gasteiger partial charge in [-0.15, -0.1) is 0 Å². The van der Waals surface area contributed by atoms with Crippen molar-refractivity contribution in [1.82, 2.24) is 19.6 Å². The van der Waals surface area contributed by atoms with Crippen LogP contribution in [0.1, 0.15) is 24.2 Å². The van der Waals surface area contributed by atoms with Crippen LogP contribution in [-0.4, -0.2) is 26.2 Å². The van der Waals surface area contributed by atoms with Crippen molar-refractivity contribution < 1.29 is 9.47 Å². The highest BCUT2D eigenvalue weighted by atomic mass is 35.5. The number of unbranched alkanes of at least 4 members (excludes halogenated alkanes) is 1. The lowest BCUT2D eigenvalue weighted by Crippen LogP contribution is -2.23. The molecule has 3 aromatic heterocycles. The number of fused-ring (bicyclic) bond motifs is 1. The molecule has 0 spiro atoms. The molecule has 0 amide bonds. The number of hydrogen-bond donors (Lipinski definition) is 1. The van der Waals surface area contributed by atoms with Gasteiger partial charge in [-0.1, -0.05) is 11.6 Å². The molecule has 30 heavy (non-hydrogen) atoms. The quantitative estimate of drug-likeness (QED) is 0.278. The van der Waals surface area contributed by atoms with Gasteiger partial charge in [-0.2, -0.15) is 4.73 Å². The third-order valence-corrected chi connectivity index (χ3v) is 5.10. The van der Waals surface area contributed by atoms with Gasteiger partial charge in [0.2, 0.25) is 0 Å². The number of hydrogen-bond acceptors (Lipinski definition) is 5. The maximum atomic E-state index is 11.8. The van der Waals surface area contributed by atoms with E-state index >= 15 is 0 Å². The van der Waals surface area contributed by atoms with E-state index in [4.69, 9.17) is 16.3 Å². The molecule has 3 heterocycles. The van der Waals surface area contributed by atoms with Crippen LogP contribution in [0.15, 0.2) is 53.6 Å². The zero-order valence-electron chi connectivity index (χ0n) is 16.3. The van der Waals surface area contributed by atoms with Crippen molar-refractivity contribution in [3.63, 3.8) is 0 Å². The maximum absolute atomic E-state index is 11.8. The lowest BCUT2D eigenvalue weighted by atomic mass is 10.2. The molecule has 8 nitrogen and oxygen atoms in total. The standard InChI is InChI=1S/C21H20ClN5O3/c1-14-12-16(5-6-17(14)22)30-11-3-2-4-18-23-21(15-7-9-26(29)10-8-15)24-19-13-20(28)25-27(18)19/h5-10,12-13H,2-4,11H2,1H3,(H,25,28). The van der Waals surface area contributed by atoms with Gasteiger partial charge >= 0.3 is 0 Å². The molecule has 0 unspecified atom stereocenters. The van der Waals surface area contributed by atoms with Crippen molar-refractivity contribution in [3.8, 4) is 17.1 Å². The van der Waals surface area contributed by atoms with Gasteiger partial charge in [0.25, 0.3) is 5.56 Å². The Hall–Kier alpha value is -3.39. The van der Waals surface area contributed by atoms with Crippen LogP contribution in [0.5, 0.6) is 5.75 Å². The van der Waals surface area contributed by atoms with Gasteiger partial charge in [-0.3, -0.25) is 9.89 Å². The summed E-state index contributed by atoms with van der Waals surface area (Å²) in [4.78, 5) is 20.8. The number of pyridine rings is 1. The Morgan fingerprint density at radius 3 is 2.73 bits per heavy atom. The fourth-order valence-electron chi connectivity index (χ4n) is 3.11. The third kappa shape index (κ3) is 4.44. The molecule has 0 fully saturated rings. The molecule has 1 aromatic carbocycles. The van der Waals surface area contributed by atoms with Gasteiger partial charge in [-0.25, -0.2) is 14.5 Å². The van der Waals surface area contributed by atoms with Crippen molar-refractivity contribution in [2.75, 3.05) is 6.61 Å². The second kappa shape index (κ2) is 8.54. The Labute approximate surface area is 177 Å². The molecule has 4 aromatic rings. The molecule has 0 saturated heterocycles. The third-order valence-electron chi connectivity index (χ3n) is 4.68. The molecule has 0 atom stereocenters. The van der Waals surface area contributed by atoms with Crippen LogP contribution in [-0.2, 0) is 6.42 Å². The smallest absolute Gasteiger partial charge is 0.266 e. The molecule has 0 bridgehead atoms. The molecular formula is C21H20ClN5O3. The number of benzene rings is 1. The summed E-state index contributed by atoms with van der Waals surface area (Å²) in [7, 11) is 0. The van der Waals surface area contributed by atoms with Crippen molar-refractivity contribution in [3.05, 3.63) is 80.8 Å². The first kappa shape index (κ1) is 19.9. The second-order valence-corrected chi connectivity index (χ2v) is 7.35. The average molecular weight is 426 g/mol. The normalized spacial score (nSPS) is 11.1. The monoisotopic (exact) mass is 425 g/mol. The number of nitrogens with one attached hydrogen (secondary N) is 1. The number of nitrogens with zero attached hydrogens (tertiary/aromatic N) is 4. The summed E-state index contributed by atoms with van der Waals surface area (Å²) in [5.74, 6) is 1.95. The van der Waals surface area contributed by atoms with Crippen LogP contribution in [0, 0.1) is 12.1 Å². The van der Waals surface area contributed by atoms with E-state index in [0.717, 1.165) is 29.2 Å². The molecule has 1 N–H and O–H groups in total. The average Bonchev–Trinajstić information content (AvgIpc) is 3.11. The van der Waals surface area contributed by atoms with E-state index in [0.29, 0.717) is 40.6 Å². The Kier molecular flexibility index (Phi) is 5.67. The van der Waals surface area contributed by atoms with Crippen molar-refractivity contribution in [2.24, 2.45) is 0 Å². The first-order chi connectivity index (χ1) is 14.5. The fraction of sp³-hybridized carbons (Fsp3) is 0.238. The van der Waals surface area contributed by atoms with Crippen molar-refractivity contribution in [1.29, 1.82) is 0 Å². The number of aromatic nitrogens is 5. The van der Waals surface area contributed by atoms with E-state index in [1.165, 1.54) is 18.5 Å². The number of rotatable bonds is 7. The van der Waals surface area contributed by atoms with Crippen molar-refractivity contribution >= 4 is 17.2 Å². The minimum atomic E-state index is -0.241. The van der Waals surface area contributed by atoms with E-state index in [2.05, 4.69) is 15.1 Å². The summed E-state index contributed by atoms with van der Waals surface area (Å²) < 4.78 is 8.09. The minimum absolute atomic E-state index is 0.241. The number of aryl methyl sites for hydroxylation is 2. The SMILES string of the molecule is Cc1cc(OCCCCc2nc(-c3cc[n+]([O-])cc3)nc3cc(=O)[nH]n23)ccc1Cl. The Morgan fingerprint density at radius 2 is 1.97 bits per heavy atom. The first-order valence-electron chi connectivity index (χ1n) is 9.56. The second-order valence-electron chi connectivity index (χ2n) is 6.94. The number of halogens is 1. The highest BCUT2D eigenvalue weighted by Gasteiger charge is 2.11. The van der Waals surface area contributed by atoms with E-state index in [1.54, 1.807) is 16.6 Å². The van der Waals surface area contributed by atoms with Crippen LogP contribution in [0.25, 0.3) is 17.0 Å². The zero-order valence-corrected chi connectivity index (χ0v) is 17.1. The Bertz CT molecular complexity index is 1230. The lowest BCUT2D eigenvalue weighted by molar-refractivity contribution is -0.605. The van der Waals surface area contributed by atoms with Crippen LogP contribution >= 0.6 is 11.6 Å².